The van der Waals surface area contributed by atoms with E-state index in [0.29, 0.717) is 13.2 Å². The molecule has 4 nitrogen and oxygen atoms in total. The lowest BCUT2D eigenvalue weighted by Crippen LogP contribution is -2.07. The smallest absolute Gasteiger partial charge is 0.311 e. The van der Waals surface area contributed by atoms with E-state index in [1.807, 2.05) is 23.6 Å². The van der Waals surface area contributed by atoms with Crippen LogP contribution in [0.1, 0.15) is 18.2 Å². The second-order valence-corrected chi connectivity index (χ2v) is 5.12. The summed E-state index contributed by atoms with van der Waals surface area (Å²) in [5.74, 6) is -0.238. The quantitative estimate of drug-likeness (QED) is 0.767. The van der Waals surface area contributed by atoms with Crippen LogP contribution in [-0.2, 0) is 27.3 Å². The Morgan fingerprint density at radius 2 is 2.25 bits per heavy atom. The number of carbonyl (C=O) groups excluding carboxylic acids is 1. The third-order valence-electron chi connectivity index (χ3n) is 2.67. The molecule has 1 heterocycles. The molecule has 0 aliphatic carbocycles. The molecule has 5 heteroatoms. The molecular weight excluding hydrogens is 274 g/mol. The topological polar surface area (TPSA) is 48.4 Å². The molecule has 0 bridgehead atoms. The Bertz CT molecular complexity index is 580. The summed E-state index contributed by atoms with van der Waals surface area (Å²) in [5, 5.41) is 2.80. The van der Waals surface area contributed by atoms with Crippen molar-refractivity contribution < 1.29 is 14.3 Å². The van der Waals surface area contributed by atoms with E-state index >= 15 is 0 Å². The van der Waals surface area contributed by atoms with Crippen molar-refractivity contribution in [2.24, 2.45) is 0 Å². The van der Waals surface area contributed by atoms with Crippen LogP contribution in [0.3, 0.4) is 0 Å². The van der Waals surface area contributed by atoms with E-state index in [0.717, 1.165) is 21.8 Å². The molecule has 0 saturated heterocycles. The summed E-state index contributed by atoms with van der Waals surface area (Å²) < 4.78 is 10.0. The number of thiazole rings is 1. The molecule has 1 aromatic heterocycles. The van der Waals surface area contributed by atoms with E-state index in [4.69, 9.17) is 9.47 Å². The first-order valence-corrected chi connectivity index (χ1v) is 7.29. The number of esters is 1. The maximum atomic E-state index is 11.4. The van der Waals surface area contributed by atoms with Gasteiger partial charge in [0.2, 0.25) is 0 Å². The first-order chi connectivity index (χ1) is 9.72. The molecule has 20 heavy (non-hydrogen) atoms. The summed E-state index contributed by atoms with van der Waals surface area (Å²) in [6, 6.07) is 8.05. The van der Waals surface area contributed by atoms with Crippen LogP contribution in [0.15, 0.2) is 29.6 Å². The number of carbonyl (C=O) groups is 1. The van der Waals surface area contributed by atoms with Gasteiger partial charge in [0.1, 0.15) is 5.01 Å². The molecule has 0 fully saturated rings. The van der Waals surface area contributed by atoms with Gasteiger partial charge in [-0.25, -0.2) is 4.98 Å². The summed E-state index contributed by atoms with van der Waals surface area (Å²) >= 11 is 1.53. The number of hydrogen-bond acceptors (Lipinski definition) is 5. The highest BCUT2D eigenvalue weighted by Gasteiger charge is 2.09. The fourth-order valence-corrected chi connectivity index (χ4v) is 2.66. The van der Waals surface area contributed by atoms with Crippen LogP contribution in [0.4, 0.5) is 0 Å². The van der Waals surface area contributed by atoms with Gasteiger partial charge in [0.05, 0.1) is 25.3 Å². The van der Waals surface area contributed by atoms with Gasteiger partial charge in [-0.1, -0.05) is 18.2 Å². The van der Waals surface area contributed by atoms with Gasteiger partial charge in [0.25, 0.3) is 0 Å². The zero-order chi connectivity index (χ0) is 14.4. The van der Waals surface area contributed by atoms with Crippen molar-refractivity contribution in [3.63, 3.8) is 0 Å². The molecule has 1 aromatic carbocycles. The predicted molar refractivity (Wildman–Crippen MR) is 78.6 cm³/mol. The minimum Gasteiger partial charge on any atom is -0.466 e. The highest BCUT2D eigenvalue weighted by Crippen LogP contribution is 2.25. The molecule has 0 atom stereocenters. The van der Waals surface area contributed by atoms with Gasteiger partial charge < -0.3 is 9.47 Å². The molecule has 0 spiro atoms. The van der Waals surface area contributed by atoms with Crippen molar-refractivity contribution >= 4 is 17.3 Å². The number of rotatable bonds is 6. The van der Waals surface area contributed by atoms with E-state index in [2.05, 4.69) is 11.1 Å². The SMILES string of the molecule is CCOC(=O)Cc1csc(-c2cccc(COC)c2)n1. The van der Waals surface area contributed by atoms with Gasteiger partial charge in [-0.2, -0.15) is 0 Å². The summed E-state index contributed by atoms with van der Waals surface area (Å²) in [7, 11) is 1.67. The van der Waals surface area contributed by atoms with E-state index in [-0.39, 0.29) is 12.4 Å². The molecule has 0 amide bonds. The highest BCUT2D eigenvalue weighted by atomic mass is 32.1. The van der Waals surface area contributed by atoms with Crippen LogP contribution in [0, 0.1) is 0 Å². The fraction of sp³-hybridized carbons (Fsp3) is 0.333. The van der Waals surface area contributed by atoms with Gasteiger partial charge in [0, 0.05) is 18.1 Å². The van der Waals surface area contributed by atoms with E-state index in [9.17, 15) is 4.79 Å². The van der Waals surface area contributed by atoms with Crippen molar-refractivity contribution in [3.8, 4) is 10.6 Å². The van der Waals surface area contributed by atoms with Gasteiger partial charge in [-0.15, -0.1) is 11.3 Å². The van der Waals surface area contributed by atoms with Crippen LogP contribution < -0.4 is 0 Å². The molecule has 0 N–H and O–H groups in total. The van der Waals surface area contributed by atoms with Crippen LogP contribution in [0.25, 0.3) is 10.6 Å². The zero-order valence-corrected chi connectivity index (χ0v) is 12.4. The van der Waals surface area contributed by atoms with Gasteiger partial charge >= 0.3 is 5.97 Å². The minimum absolute atomic E-state index is 0.224. The molecule has 0 unspecified atom stereocenters. The maximum absolute atomic E-state index is 11.4. The monoisotopic (exact) mass is 291 g/mol. The highest BCUT2D eigenvalue weighted by molar-refractivity contribution is 7.13. The molecule has 2 rings (SSSR count). The normalized spacial score (nSPS) is 10.5. The van der Waals surface area contributed by atoms with E-state index < -0.39 is 0 Å². The van der Waals surface area contributed by atoms with E-state index in [1.165, 1.54) is 11.3 Å². The number of aromatic nitrogens is 1. The minimum atomic E-state index is -0.238. The average molecular weight is 291 g/mol. The Kier molecular flexibility index (Phi) is 5.26. The molecule has 0 radical (unpaired) electrons. The third kappa shape index (κ3) is 3.88. The molecular formula is C15H17NO3S. The Morgan fingerprint density at radius 1 is 1.40 bits per heavy atom. The van der Waals surface area contributed by atoms with Gasteiger partial charge in [-0.3, -0.25) is 4.79 Å². The third-order valence-corrected chi connectivity index (χ3v) is 3.61. The molecule has 2 aromatic rings. The lowest BCUT2D eigenvalue weighted by atomic mass is 10.1. The fourth-order valence-electron chi connectivity index (χ4n) is 1.84. The van der Waals surface area contributed by atoms with Crippen molar-refractivity contribution in [2.45, 2.75) is 20.0 Å². The number of methoxy groups -OCH3 is 1. The second kappa shape index (κ2) is 7.17. The van der Waals surface area contributed by atoms with Crippen molar-refractivity contribution in [3.05, 3.63) is 40.9 Å². The lowest BCUT2D eigenvalue weighted by molar-refractivity contribution is -0.142. The van der Waals surface area contributed by atoms with Crippen LogP contribution in [0.2, 0.25) is 0 Å². The summed E-state index contributed by atoms with van der Waals surface area (Å²) in [6.45, 7) is 2.77. The van der Waals surface area contributed by atoms with Gasteiger partial charge in [0.15, 0.2) is 0 Å². The zero-order valence-electron chi connectivity index (χ0n) is 11.6. The Hall–Kier alpha value is -1.72. The van der Waals surface area contributed by atoms with Crippen LogP contribution >= 0.6 is 11.3 Å². The molecule has 106 valence electrons. The Balaban J connectivity index is 2.12. The average Bonchev–Trinajstić information content (AvgIpc) is 2.88. The molecule has 0 saturated carbocycles. The first kappa shape index (κ1) is 14.7. The second-order valence-electron chi connectivity index (χ2n) is 4.26. The Morgan fingerprint density at radius 3 is 3.00 bits per heavy atom. The number of ether oxygens (including phenoxy) is 2. The summed E-state index contributed by atoms with van der Waals surface area (Å²) in [5.41, 5.74) is 2.90. The van der Waals surface area contributed by atoms with Crippen molar-refractivity contribution in [2.75, 3.05) is 13.7 Å². The maximum Gasteiger partial charge on any atom is 0.311 e. The van der Waals surface area contributed by atoms with Crippen LogP contribution in [-0.4, -0.2) is 24.7 Å². The standard InChI is InChI=1S/C15H17NO3S/c1-3-19-14(17)8-13-10-20-15(16-13)12-6-4-5-11(7-12)9-18-2/h4-7,10H,3,8-9H2,1-2H3. The number of hydrogen-bond donors (Lipinski definition) is 0. The van der Waals surface area contributed by atoms with Crippen molar-refractivity contribution in [1.82, 2.24) is 4.98 Å². The first-order valence-electron chi connectivity index (χ1n) is 6.41. The van der Waals surface area contributed by atoms with Crippen molar-refractivity contribution in [1.29, 1.82) is 0 Å². The number of nitrogens with zero attached hydrogens (tertiary/aromatic N) is 1. The summed E-state index contributed by atoms with van der Waals surface area (Å²) in [6.07, 6.45) is 0.224. The lowest BCUT2D eigenvalue weighted by Gasteiger charge is -2.02. The summed E-state index contributed by atoms with van der Waals surface area (Å²) in [4.78, 5) is 15.9. The molecule has 0 aliphatic heterocycles. The van der Waals surface area contributed by atoms with Gasteiger partial charge in [-0.05, 0) is 18.6 Å². The van der Waals surface area contributed by atoms with Crippen LogP contribution in [0.5, 0.6) is 0 Å². The Labute approximate surface area is 122 Å². The van der Waals surface area contributed by atoms with E-state index in [1.54, 1.807) is 14.0 Å². The molecule has 0 aliphatic rings. The predicted octanol–water partition coefficient (Wildman–Crippen LogP) is 3.06. The number of benzene rings is 1. The largest absolute Gasteiger partial charge is 0.466 e.